The molecule has 0 N–H and O–H groups in total. The van der Waals surface area contributed by atoms with Gasteiger partial charge in [0.15, 0.2) is 0 Å². The van der Waals surface area contributed by atoms with Gasteiger partial charge in [-0.3, -0.25) is 0 Å². The van der Waals surface area contributed by atoms with Gasteiger partial charge in [-0.15, -0.1) is 0 Å². The first-order valence-electron chi connectivity index (χ1n) is 0.129. The van der Waals surface area contributed by atoms with E-state index in [4.69, 9.17) is 3.90 Å². The van der Waals surface area contributed by atoms with Gasteiger partial charge >= 0.3 is 101 Å². The molecule has 0 saturated heterocycles. The summed E-state index contributed by atoms with van der Waals surface area (Å²) >= 11 is 2.62. The molecule has 0 aromatic heterocycles. The molecule has 0 aromatic carbocycles. The fourth-order valence-corrected chi connectivity index (χ4v) is 0. The van der Waals surface area contributed by atoms with Crippen molar-refractivity contribution in [1.29, 1.82) is 0 Å². The second-order valence-electron chi connectivity index (χ2n) is 0. The summed E-state index contributed by atoms with van der Waals surface area (Å²) in [6.07, 6.45) is 0. The molecule has 0 aliphatic rings. The summed E-state index contributed by atoms with van der Waals surface area (Å²) in [5, 5.41) is 0. The van der Waals surface area contributed by atoms with Gasteiger partial charge in [0.1, 0.15) is 0 Å². The van der Waals surface area contributed by atoms with Crippen LogP contribution in [0.15, 0.2) is 0 Å². The van der Waals surface area contributed by atoms with Gasteiger partial charge in [0, 0.05) is 0 Å². The Kier molecular flexibility index (Phi) is 493. The Hall–Kier alpha value is 2.87. The summed E-state index contributed by atoms with van der Waals surface area (Å²) in [4.78, 5) is 0. The van der Waals surface area contributed by atoms with Crippen molar-refractivity contribution in [3.05, 3.63) is 0 Å². The van der Waals surface area contributed by atoms with Gasteiger partial charge < -0.3 is 16.4 Å². The molecule has 2 radical (unpaired) electrons. The van der Waals surface area contributed by atoms with Gasteiger partial charge in [0.25, 0.3) is 0 Å². The zero-order chi connectivity index (χ0) is 2.00. The molecule has 0 amide bonds. The van der Waals surface area contributed by atoms with Crippen LogP contribution in [0.2, 0.25) is 0 Å². The van der Waals surface area contributed by atoms with Crippen LogP contribution in [-0.2, 0) is 35.7 Å². The van der Waals surface area contributed by atoms with Crippen LogP contribution in [0.3, 0.4) is 0 Å². The van der Waals surface area contributed by atoms with Crippen molar-refractivity contribution in [3.63, 3.8) is 0 Å². The average molecular weight is 411 g/mol. The van der Waals surface area contributed by atoms with Crippen LogP contribution >= 0.6 is 0 Å². The topological polar surface area (TPSA) is 103 Å². The zero-order valence-electron chi connectivity index (χ0n) is 2.95. The van der Waals surface area contributed by atoms with Gasteiger partial charge in [-0.1, -0.05) is 0 Å². The first-order valence-corrected chi connectivity index (χ1v) is 0.532. The molecule has 0 saturated carbocycles. The molecule has 42 valence electrons. The van der Waals surface area contributed by atoms with E-state index in [1.54, 1.807) is 0 Å². The fraction of sp³-hybridized carbons (Fsp3) is 0. The van der Waals surface area contributed by atoms with Crippen molar-refractivity contribution in [3.8, 4) is 0 Å². The summed E-state index contributed by atoms with van der Waals surface area (Å²) in [5.41, 5.74) is 0. The minimum absolute atomic E-state index is 0. The van der Waals surface area contributed by atoms with E-state index in [1.165, 1.54) is 0 Å². The number of rotatable bonds is 0. The summed E-state index contributed by atoms with van der Waals surface area (Å²) in [6, 6.07) is 0. The Bertz CT molecular complexity index is 9.65. The first kappa shape index (κ1) is 51.8. The first-order chi connectivity index (χ1) is 1.00. The predicted molar refractivity (Wildman–Crippen MR) is 2.75 cm³/mol. The van der Waals surface area contributed by atoms with E-state index < -0.39 is 0 Å². The van der Waals surface area contributed by atoms with Crippen molar-refractivity contribution < 1.29 is 117 Å². The van der Waals surface area contributed by atoms with E-state index in [2.05, 4.69) is 15.4 Å². The van der Waals surface area contributed by atoms with Gasteiger partial charge in [0.05, 0.1) is 0 Å². The maximum atomic E-state index is 7.88. The predicted octanol–water partition coefficient (Wildman–Crippen LogP) is -0.478. The number of hydrogen-bond donors (Lipinski definition) is 0. The Morgan fingerprint density at radius 1 is 0.714 bits per heavy atom. The monoisotopic (exact) mass is 406 g/mol. The molecule has 7 heavy (non-hydrogen) atoms. The molecular weight excluding hydrogens is 411 g/mol. The average Bonchev–Trinajstić information content (AvgIpc) is 1.00. The molecule has 0 aliphatic heterocycles. The quantitative estimate of drug-likeness (QED) is 0.494. The summed E-state index contributed by atoms with van der Waals surface area (Å²) in [5.74, 6) is 0. The van der Waals surface area contributed by atoms with E-state index in [-0.39, 0.29) is 98.1 Å². The molecular formula is Nd2NiO4. The Balaban J connectivity index is -0.000000000500. The second kappa shape index (κ2) is 66.6. The van der Waals surface area contributed by atoms with E-state index in [1.807, 2.05) is 0 Å². The zero-order valence-corrected chi connectivity index (χ0v) is 10.4. The van der Waals surface area contributed by atoms with Gasteiger partial charge in [-0.05, 0) is 0 Å². The molecule has 0 bridgehead atoms. The van der Waals surface area contributed by atoms with Crippen LogP contribution in [0.1, 0.15) is 0 Å². The molecule has 0 atom stereocenters. The third kappa shape index (κ3) is 50.8. The summed E-state index contributed by atoms with van der Waals surface area (Å²) in [7, 11) is 0. The molecule has 4 nitrogen and oxygen atoms in total. The van der Waals surface area contributed by atoms with E-state index in [9.17, 15) is 0 Å². The van der Waals surface area contributed by atoms with Gasteiger partial charge in [-0.25, -0.2) is 0 Å². The molecule has 0 aromatic rings. The molecule has 0 rings (SSSR count). The van der Waals surface area contributed by atoms with Crippen molar-refractivity contribution >= 4 is 0 Å². The third-order valence-corrected chi connectivity index (χ3v) is 0. The molecule has 7 heteroatoms. The van der Waals surface area contributed by atoms with Gasteiger partial charge in [0.2, 0.25) is 0 Å². The Labute approximate surface area is 115 Å². The molecule has 0 unspecified atom stereocenters. The van der Waals surface area contributed by atoms with Crippen LogP contribution in [0.25, 0.3) is 0 Å². The standard InChI is InChI=1S/2Nd.Ni.4O/q2*+3;;;3*-2. The van der Waals surface area contributed by atoms with E-state index in [0.29, 0.717) is 0 Å². The van der Waals surface area contributed by atoms with Crippen molar-refractivity contribution in [1.82, 2.24) is 0 Å². The molecule has 0 spiro atoms. The van der Waals surface area contributed by atoms with Crippen molar-refractivity contribution in [2.24, 2.45) is 0 Å². The maximum absolute atomic E-state index is 7.88. The Morgan fingerprint density at radius 2 is 0.714 bits per heavy atom. The Morgan fingerprint density at radius 3 is 0.714 bits per heavy atom. The SMILES string of the molecule is [Nd+3].[Nd+3].[O-2].[O-2].[O-2].[O]=[Ni]. The number of hydrogen-bond acceptors (Lipinski definition) is 1. The van der Waals surface area contributed by atoms with Crippen molar-refractivity contribution in [2.75, 3.05) is 0 Å². The van der Waals surface area contributed by atoms with Crippen LogP contribution in [0.5, 0.6) is 0 Å². The second-order valence-corrected chi connectivity index (χ2v) is 0. The van der Waals surface area contributed by atoms with Crippen LogP contribution in [0, 0.1) is 81.7 Å². The van der Waals surface area contributed by atoms with Crippen molar-refractivity contribution in [2.45, 2.75) is 0 Å². The van der Waals surface area contributed by atoms with E-state index >= 15 is 0 Å². The van der Waals surface area contributed by atoms with Crippen LogP contribution < -0.4 is 0 Å². The van der Waals surface area contributed by atoms with Crippen LogP contribution in [0.4, 0.5) is 0 Å². The molecule has 0 aliphatic carbocycles. The molecule has 0 heterocycles. The van der Waals surface area contributed by atoms with E-state index in [0.717, 1.165) is 0 Å². The fourth-order valence-electron chi connectivity index (χ4n) is 0. The third-order valence-electron chi connectivity index (χ3n) is 0. The van der Waals surface area contributed by atoms with Gasteiger partial charge in [-0.2, -0.15) is 0 Å². The molecule has 0 fully saturated rings. The normalized spacial score (nSPS) is 0.857. The summed E-state index contributed by atoms with van der Waals surface area (Å²) < 4.78 is 7.88. The minimum atomic E-state index is 0. The van der Waals surface area contributed by atoms with Crippen LogP contribution in [-0.4, -0.2) is 0 Å². The summed E-state index contributed by atoms with van der Waals surface area (Å²) in [6.45, 7) is 0.